The van der Waals surface area contributed by atoms with Gasteiger partial charge >= 0.3 is 11.1 Å². The zero-order chi connectivity index (χ0) is 9.84. The number of carboxylic acid groups (broad SMARTS) is 1. The van der Waals surface area contributed by atoms with E-state index in [-0.39, 0.29) is 0 Å². The first-order valence-electron chi connectivity index (χ1n) is 3.30. The Balaban J connectivity index is 2.70. The van der Waals surface area contributed by atoms with E-state index in [0.717, 1.165) is 12.1 Å². The van der Waals surface area contributed by atoms with Crippen molar-refractivity contribution in [3.8, 4) is 0 Å². The number of benzene rings is 1. The minimum absolute atomic E-state index is 0.411. The van der Waals surface area contributed by atoms with E-state index < -0.39 is 16.9 Å². The molecular weight excluding hydrogens is 195 g/mol. The van der Waals surface area contributed by atoms with Gasteiger partial charge in [0.05, 0.1) is 0 Å². The van der Waals surface area contributed by atoms with Gasteiger partial charge in [0.1, 0.15) is 5.82 Å². The fourth-order valence-corrected chi connectivity index (χ4v) is 1.23. The van der Waals surface area contributed by atoms with Gasteiger partial charge in [-0.15, -0.1) is 0 Å². The van der Waals surface area contributed by atoms with Crippen LogP contribution in [0.5, 0.6) is 0 Å². The van der Waals surface area contributed by atoms with Crippen LogP contribution < -0.4 is 0 Å². The van der Waals surface area contributed by atoms with Crippen molar-refractivity contribution < 1.29 is 19.1 Å². The third kappa shape index (κ3) is 2.87. The molecule has 3 nitrogen and oxygen atoms in total. The van der Waals surface area contributed by atoms with Crippen molar-refractivity contribution in [2.45, 2.75) is 4.90 Å². The molecule has 0 spiro atoms. The van der Waals surface area contributed by atoms with Crippen LogP contribution in [0.25, 0.3) is 0 Å². The van der Waals surface area contributed by atoms with E-state index in [4.69, 9.17) is 5.11 Å². The monoisotopic (exact) mass is 200 g/mol. The fourth-order valence-electron chi connectivity index (χ4n) is 0.653. The molecule has 0 aliphatic carbocycles. The van der Waals surface area contributed by atoms with Crippen LogP contribution >= 0.6 is 11.8 Å². The lowest BCUT2D eigenvalue weighted by Gasteiger charge is -1.95. The number of rotatable bonds is 1. The maximum atomic E-state index is 12.4. The second kappa shape index (κ2) is 4.04. The van der Waals surface area contributed by atoms with Crippen molar-refractivity contribution in [1.29, 1.82) is 0 Å². The zero-order valence-electron chi connectivity index (χ0n) is 6.36. The lowest BCUT2D eigenvalue weighted by Crippen LogP contribution is -2.07. The number of halogens is 1. The van der Waals surface area contributed by atoms with Gasteiger partial charge in [0.25, 0.3) is 0 Å². The Labute approximate surface area is 77.6 Å². The summed E-state index contributed by atoms with van der Waals surface area (Å²) in [5, 5.41) is 7.27. The van der Waals surface area contributed by atoms with Gasteiger partial charge in [0, 0.05) is 4.90 Å². The number of carboxylic acids is 1. The van der Waals surface area contributed by atoms with Crippen LogP contribution in [0.2, 0.25) is 0 Å². The quantitative estimate of drug-likeness (QED) is 0.551. The minimum Gasteiger partial charge on any atom is -0.475 e. The van der Waals surface area contributed by atoms with Crippen molar-refractivity contribution >= 4 is 22.8 Å². The van der Waals surface area contributed by atoms with E-state index in [1.807, 2.05) is 0 Å². The normalized spacial score (nSPS) is 9.62. The molecule has 0 aromatic heterocycles. The Kier molecular flexibility index (Phi) is 3.02. The van der Waals surface area contributed by atoms with Gasteiger partial charge in [-0.25, -0.2) is 9.18 Å². The molecule has 0 aliphatic rings. The number of hydrogen-bond donors (Lipinski definition) is 1. The molecular formula is C8H5FO3S. The molecule has 0 bridgehead atoms. The second-order valence-corrected chi connectivity index (χ2v) is 3.19. The van der Waals surface area contributed by atoms with Gasteiger partial charge < -0.3 is 5.11 Å². The molecule has 0 heterocycles. The van der Waals surface area contributed by atoms with Gasteiger partial charge in [-0.3, -0.25) is 4.79 Å². The predicted molar refractivity (Wildman–Crippen MR) is 44.9 cm³/mol. The van der Waals surface area contributed by atoms with Crippen LogP contribution in [0.3, 0.4) is 0 Å². The lowest BCUT2D eigenvalue weighted by atomic mass is 10.4. The first-order chi connectivity index (χ1) is 6.09. The molecule has 1 aromatic rings. The van der Waals surface area contributed by atoms with E-state index in [2.05, 4.69) is 0 Å². The van der Waals surface area contributed by atoms with E-state index in [1.165, 1.54) is 12.1 Å². The summed E-state index contributed by atoms with van der Waals surface area (Å²) in [5.74, 6) is -1.93. The van der Waals surface area contributed by atoms with Crippen molar-refractivity contribution in [3.05, 3.63) is 30.1 Å². The summed E-state index contributed by atoms with van der Waals surface area (Å²) in [6, 6.07) is 5.02. The molecule has 0 unspecified atom stereocenters. The number of carbonyl (C=O) groups excluding carboxylic acids is 1. The summed E-state index contributed by atoms with van der Waals surface area (Å²) >= 11 is 0.555. The summed E-state index contributed by atoms with van der Waals surface area (Å²) in [6.45, 7) is 0. The van der Waals surface area contributed by atoms with Crippen molar-refractivity contribution in [2.75, 3.05) is 0 Å². The van der Waals surface area contributed by atoms with Crippen molar-refractivity contribution in [3.63, 3.8) is 0 Å². The highest BCUT2D eigenvalue weighted by molar-refractivity contribution is 8.15. The summed E-state index contributed by atoms with van der Waals surface area (Å²) in [6.07, 6.45) is 0. The standard InChI is InChI=1S/C8H5FO3S/c9-5-1-3-6(4-2-5)13-8(12)7(10)11/h1-4H,(H,10,11). The lowest BCUT2D eigenvalue weighted by molar-refractivity contribution is -0.144. The second-order valence-electron chi connectivity index (χ2n) is 2.15. The van der Waals surface area contributed by atoms with Crippen LogP contribution in [0.4, 0.5) is 4.39 Å². The van der Waals surface area contributed by atoms with Crippen molar-refractivity contribution in [1.82, 2.24) is 0 Å². The third-order valence-corrected chi connectivity index (χ3v) is 2.07. The topological polar surface area (TPSA) is 54.4 Å². The molecule has 0 amide bonds. The SMILES string of the molecule is O=C(O)C(=O)Sc1ccc(F)cc1. The predicted octanol–water partition coefficient (Wildman–Crippen LogP) is 1.53. The van der Waals surface area contributed by atoms with E-state index >= 15 is 0 Å². The average molecular weight is 200 g/mol. The van der Waals surface area contributed by atoms with Crippen LogP contribution in [0.1, 0.15) is 0 Å². The van der Waals surface area contributed by atoms with Gasteiger partial charge in [-0.2, -0.15) is 0 Å². The molecule has 0 fully saturated rings. The van der Waals surface area contributed by atoms with Crippen LogP contribution in [0, 0.1) is 5.82 Å². The highest BCUT2D eigenvalue weighted by Crippen LogP contribution is 2.18. The fraction of sp³-hybridized carbons (Fsp3) is 0. The van der Waals surface area contributed by atoms with E-state index in [9.17, 15) is 14.0 Å². The summed E-state index contributed by atoms with van der Waals surface area (Å²) in [7, 11) is 0. The largest absolute Gasteiger partial charge is 0.475 e. The number of carbonyl (C=O) groups is 2. The van der Waals surface area contributed by atoms with Crippen molar-refractivity contribution in [2.24, 2.45) is 0 Å². The van der Waals surface area contributed by atoms with Gasteiger partial charge in [0.15, 0.2) is 0 Å². The highest BCUT2D eigenvalue weighted by Gasteiger charge is 2.12. The van der Waals surface area contributed by atoms with Crippen LogP contribution in [-0.4, -0.2) is 16.2 Å². The van der Waals surface area contributed by atoms with Gasteiger partial charge in [0.2, 0.25) is 0 Å². The Hall–Kier alpha value is -1.36. The molecule has 1 aromatic carbocycles. The number of aliphatic carboxylic acids is 1. The number of hydrogen-bond acceptors (Lipinski definition) is 3. The Morgan fingerprint density at radius 1 is 1.23 bits per heavy atom. The maximum Gasteiger partial charge on any atom is 0.383 e. The van der Waals surface area contributed by atoms with Gasteiger partial charge in [-0.1, -0.05) is 0 Å². The maximum absolute atomic E-state index is 12.4. The van der Waals surface area contributed by atoms with E-state index in [1.54, 1.807) is 0 Å². The molecule has 0 atom stereocenters. The van der Waals surface area contributed by atoms with Gasteiger partial charge in [-0.05, 0) is 36.0 Å². The first kappa shape index (κ1) is 9.73. The Bertz CT molecular complexity index is 334. The summed E-state index contributed by atoms with van der Waals surface area (Å²) in [4.78, 5) is 21.2. The molecule has 0 saturated carbocycles. The average Bonchev–Trinajstić information content (AvgIpc) is 2.08. The molecule has 0 aliphatic heterocycles. The smallest absolute Gasteiger partial charge is 0.383 e. The molecule has 68 valence electrons. The minimum atomic E-state index is -1.51. The zero-order valence-corrected chi connectivity index (χ0v) is 7.18. The van der Waals surface area contributed by atoms with E-state index in [0.29, 0.717) is 16.7 Å². The first-order valence-corrected chi connectivity index (χ1v) is 4.12. The molecule has 5 heteroatoms. The molecule has 13 heavy (non-hydrogen) atoms. The molecule has 1 N–H and O–H groups in total. The third-order valence-electron chi connectivity index (χ3n) is 1.20. The Morgan fingerprint density at radius 2 is 1.77 bits per heavy atom. The molecule has 0 radical (unpaired) electrons. The molecule has 1 rings (SSSR count). The van der Waals surface area contributed by atoms with Crippen LogP contribution in [0.15, 0.2) is 29.2 Å². The van der Waals surface area contributed by atoms with Crippen LogP contribution in [-0.2, 0) is 9.59 Å². The Morgan fingerprint density at radius 3 is 2.23 bits per heavy atom. The summed E-state index contributed by atoms with van der Waals surface area (Å²) < 4.78 is 12.4. The summed E-state index contributed by atoms with van der Waals surface area (Å²) in [5.41, 5.74) is 0. The molecule has 0 saturated heterocycles. The highest BCUT2D eigenvalue weighted by atomic mass is 32.2. The number of thioether (sulfide) groups is 1.